The molecule has 0 spiro atoms. The third kappa shape index (κ3) is 6.09. The maximum atomic E-state index is 13.2. The molecular weight excluding hydrogens is 289 g/mol. The molecule has 1 aliphatic heterocycles. The van der Waals surface area contributed by atoms with E-state index in [1.54, 1.807) is 13.1 Å². The fourth-order valence-corrected chi connectivity index (χ4v) is 1.94. The molecule has 1 unspecified atom stereocenters. The van der Waals surface area contributed by atoms with Gasteiger partial charge in [-0.05, 0) is 31.7 Å². The van der Waals surface area contributed by atoms with Crippen molar-refractivity contribution in [3.8, 4) is 5.75 Å². The SMILES string of the molecule is CC.CNCNC(=O)C1CCOc2ccc(F)cc21.NC=O. The van der Waals surface area contributed by atoms with Crippen LogP contribution < -0.4 is 21.1 Å². The van der Waals surface area contributed by atoms with E-state index in [4.69, 9.17) is 9.53 Å². The van der Waals surface area contributed by atoms with Gasteiger partial charge in [0.15, 0.2) is 0 Å². The van der Waals surface area contributed by atoms with Crippen molar-refractivity contribution < 1.29 is 18.7 Å². The fourth-order valence-electron chi connectivity index (χ4n) is 1.94. The van der Waals surface area contributed by atoms with Crippen LogP contribution in [0.1, 0.15) is 31.7 Å². The van der Waals surface area contributed by atoms with Gasteiger partial charge in [-0.1, -0.05) is 13.8 Å². The monoisotopic (exact) mass is 313 g/mol. The van der Waals surface area contributed by atoms with E-state index < -0.39 is 0 Å². The van der Waals surface area contributed by atoms with Gasteiger partial charge in [0.2, 0.25) is 12.3 Å². The summed E-state index contributed by atoms with van der Waals surface area (Å²) in [5.41, 5.74) is 4.80. The van der Waals surface area contributed by atoms with Gasteiger partial charge >= 0.3 is 0 Å². The Bertz CT molecular complexity index is 469. The van der Waals surface area contributed by atoms with Crippen LogP contribution in [0.5, 0.6) is 5.75 Å². The molecule has 2 rings (SSSR count). The normalized spacial score (nSPS) is 14.8. The number of fused-ring (bicyclic) bond motifs is 1. The van der Waals surface area contributed by atoms with Crippen LogP contribution in [0, 0.1) is 5.82 Å². The Morgan fingerprint density at radius 3 is 2.73 bits per heavy atom. The molecule has 1 aromatic carbocycles. The van der Waals surface area contributed by atoms with Crippen molar-refractivity contribution >= 4 is 12.3 Å². The zero-order chi connectivity index (χ0) is 17.0. The summed E-state index contributed by atoms with van der Waals surface area (Å²) < 4.78 is 18.6. The van der Waals surface area contributed by atoms with Gasteiger partial charge in [0.1, 0.15) is 11.6 Å². The molecule has 2 amide bonds. The van der Waals surface area contributed by atoms with Crippen LogP contribution in [-0.2, 0) is 9.59 Å². The highest BCUT2D eigenvalue weighted by Gasteiger charge is 2.27. The lowest BCUT2D eigenvalue weighted by atomic mass is 9.92. The third-order valence-corrected chi connectivity index (χ3v) is 2.77. The predicted molar refractivity (Wildman–Crippen MR) is 82.9 cm³/mol. The highest BCUT2D eigenvalue weighted by atomic mass is 19.1. The minimum Gasteiger partial charge on any atom is -0.493 e. The standard InChI is InChI=1S/C12H15FN2O2.C2H6.CH3NO/c1-14-7-15-12(16)9-4-5-17-11-3-2-8(13)6-10(9)11;1-2;2-1-3/h2-3,6,9,14H,4-5,7H2,1H3,(H,15,16);1-2H3;1H,(H2,2,3). The minimum absolute atomic E-state index is 0.102. The van der Waals surface area contributed by atoms with Gasteiger partial charge in [-0.2, -0.15) is 0 Å². The first-order valence-electron chi connectivity index (χ1n) is 7.14. The van der Waals surface area contributed by atoms with Gasteiger partial charge in [0, 0.05) is 5.56 Å². The lowest BCUT2D eigenvalue weighted by Crippen LogP contribution is -2.37. The molecule has 22 heavy (non-hydrogen) atoms. The number of amides is 2. The molecule has 1 atom stereocenters. The second kappa shape index (κ2) is 11.5. The molecule has 1 aromatic rings. The number of hydrogen-bond acceptors (Lipinski definition) is 4. The Morgan fingerprint density at radius 2 is 2.14 bits per heavy atom. The average Bonchev–Trinajstić information content (AvgIpc) is 2.54. The number of primary amides is 1. The lowest BCUT2D eigenvalue weighted by molar-refractivity contribution is -0.123. The third-order valence-electron chi connectivity index (χ3n) is 2.77. The summed E-state index contributed by atoms with van der Waals surface area (Å²) in [7, 11) is 1.75. The van der Waals surface area contributed by atoms with Crippen LogP contribution in [0.15, 0.2) is 18.2 Å². The van der Waals surface area contributed by atoms with Crippen LogP contribution >= 0.6 is 0 Å². The van der Waals surface area contributed by atoms with Crippen molar-refractivity contribution in [3.05, 3.63) is 29.6 Å². The van der Waals surface area contributed by atoms with E-state index in [2.05, 4.69) is 16.4 Å². The van der Waals surface area contributed by atoms with Gasteiger partial charge in [0.25, 0.3) is 0 Å². The largest absolute Gasteiger partial charge is 0.493 e. The number of nitrogens with one attached hydrogen (secondary N) is 2. The number of nitrogens with two attached hydrogens (primary N) is 1. The number of rotatable bonds is 3. The topological polar surface area (TPSA) is 93.4 Å². The summed E-state index contributed by atoms with van der Waals surface area (Å²) in [6, 6.07) is 4.28. The molecule has 1 aliphatic rings. The molecular formula is C15H24FN3O3. The van der Waals surface area contributed by atoms with E-state index in [-0.39, 0.29) is 24.1 Å². The Balaban J connectivity index is 0.000000789. The summed E-state index contributed by atoms with van der Waals surface area (Å²) in [5, 5.41) is 5.57. The Kier molecular flexibility index (Phi) is 10.4. The number of halogens is 1. The maximum absolute atomic E-state index is 13.2. The highest BCUT2D eigenvalue weighted by molar-refractivity contribution is 5.84. The number of benzene rings is 1. The van der Waals surface area contributed by atoms with Crippen molar-refractivity contribution in [2.45, 2.75) is 26.2 Å². The first kappa shape index (κ1) is 19.9. The van der Waals surface area contributed by atoms with Crippen molar-refractivity contribution in [1.82, 2.24) is 10.6 Å². The van der Waals surface area contributed by atoms with Gasteiger partial charge in [-0.3, -0.25) is 9.59 Å². The first-order valence-corrected chi connectivity index (χ1v) is 7.14. The molecule has 0 fully saturated rings. The Labute approximate surface area is 130 Å². The fraction of sp³-hybridized carbons (Fsp3) is 0.467. The Morgan fingerprint density at radius 1 is 1.50 bits per heavy atom. The number of carbonyl (C=O) groups is 2. The van der Waals surface area contributed by atoms with Gasteiger partial charge in [-0.25, -0.2) is 4.39 Å². The second-order valence-corrected chi connectivity index (χ2v) is 4.08. The van der Waals surface area contributed by atoms with Crippen molar-refractivity contribution in [1.29, 1.82) is 0 Å². The van der Waals surface area contributed by atoms with E-state index in [9.17, 15) is 9.18 Å². The predicted octanol–water partition coefficient (Wildman–Crippen LogP) is 1.11. The van der Waals surface area contributed by atoms with E-state index in [1.165, 1.54) is 12.1 Å². The zero-order valence-electron chi connectivity index (χ0n) is 13.2. The molecule has 0 aliphatic carbocycles. The quantitative estimate of drug-likeness (QED) is 0.576. The van der Waals surface area contributed by atoms with Crippen LogP contribution in [0.25, 0.3) is 0 Å². The maximum Gasteiger partial charge on any atom is 0.228 e. The molecule has 0 bridgehead atoms. The van der Waals surface area contributed by atoms with E-state index in [1.807, 2.05) is 13.8 Å². The van der Waals surface area contributed by atoms with Crippen LogP contribution in [0.4, 0.5) is 4.39 Å². The van der Waals surface area contributed by atoms with Crippen molar-refractivity contribution in [3.63, 3.8) is 0 Å². The molecule has 1 heterocycles. The molecule has 4 N–H and O–H groups in total. The summed E-state index contributed by atoms with van der Waals surface area (Å²) >= 11 is 0. The highest BCUT2D eigenvalue weighted by Crippen LogP contribution is 2.34. The molecule has 124 valence electrons. The van der Waals surface area contributed by atoms with Crippen molar-refractivity contribution in [2.75, 3.05) is 20.3 Å². The minimum atomic E-state index is -0.347. The molecule has 0 saturated carbocycles. The molecule has 0 radical (unpaired) electrons. The molecule has 7 heteroatoms. The lowest BCUT2D eigenvalue weighted by Gasteiger charge is -2.25. The summed E-state index contributed by atoms with van der Waals surface area (Å²) in [6.45, 7) is 4.89. The average molecular weight is 313 g/mol. The Hall–Kier alpha value is -2.15. The van der Waals surface area contributed by atoms with Crippen LogP contribution in [0.2, 0.25) is 0 Å². The smallest absolute Gasteiger partial charge is 0.228 e. The summed E-state index contributed by atoms with van der Waals surface area (Å²) in [5.74, 6) is -0.180. The van der Waals surface area contributed by atoms with Crippen LogP contribution in [-0.4, -0.2) is 32.6 Å². The molecule has 6 nitrogen and oxygen atoms in total. The van der Waals surface area contributed by atoms with E-state index in [0.717, 1.165) is 0 Å². The molecule has 0 aromatic heterocycles. The van der Waals surface area contributed by atoms with Gasteiger partial charge < -0.3 is 21.1 Å². The number of ether oxygens (including phenoxy) is 1. The molecule has 0 saturated heterocycles. The number of hydrogen-bond donors (Lipinski definition) is 3. The summed E-state index contributed by atoms with van der Waals surface area (Å²) in [4.78, 5) is 20.5. The zero-order valence-corrected chi connectivity index (χ0v) is 13.2. The van der Waals surface area contributed by atoms with Crippen molar-refractivity contribution in [2.24, 2.45) is 5.73 Å². The first-order chi connectivity index (χ1) is 10.6. The number of carbonyl (C=O) groups excluding carboxylic acids is 2. The van der Waals surface area contributed by atoms with E-state index >= 15 is 0 Å². The van der Waals surface area contributed by atoms with E-state index in [0.29, 0.717) is 31.0 Å². The summed E-state index contributed by atoms with van der Waals surface area (Å²) in [6.07, 6.45) is 0.825. The van der Waals surface area contributed by atoms with Gasteiger partial charge in [-0.15, -0.1) is 0 Å². The second-order valence-electron chi connectivity index (χ2n) is 4.08. The van der Waals surface area contributed by atoms with Gasteiger partial charge in [0.05, 0.1) is 19.2 Å². The van der Waals surface area contributed by atoms with Crippen LogP contribution in [0.3, 0.4) is 0 Å².